The molecule has 0 bridgehead atoms. The number of fused-ring (bicyclic) bond motifs is 2. The highest BCUT2D eigenvalue weighted by Gasteiger charge is 2.04. The van der Waals surface area contributed by atoms with Crippen LogP contribution in [0.5, 0.6) is 11.5 Å². The van der Waals surface area contributed by atoms with Crippen molar-refractivity contribution in [3.8, 4) is 22.6 Å². The summed E-state index contributed by atoms with van der Waals surface area (Å²) < 4.78 is 10.3. The Morgan fingerprint density at radius 1 is 0.474 bits per heavy atom. The number of carbonyl (C=O) groups is 2. The first-order valence-corrected chi connectivity index (χ1v) is 11.7. The molecule has 0 aliphatic rings. The summed E-state index contributed by atoms with van der Waals surface area (Å²) in [6.07, 6.45) is 0. The monoisotopic (exact) mass is 508 g/mol. The van der Waals surface area contributed by atoms with Gasteiger partial charge in [0.1, 0.15) is 11.5 Å². The lowest BCUT2D eigenvalue weighted by molar-refractivity contribution is 0.100. The molecule has 0 saturated heterocycles. The second kappa shape index (κ2) is 13.2. The summed E-state index contributed by atoms with van der Waals surface area (Å²) in [5, 5.41) is 4.36. The Balaban J connectivity index is 0.000000266. The first-order chi connectivity index (χ1) is 17.4. The number of ketones is 2. The lowest BCUT2D eigenvalue weighted by Gasteiger charge is -2.06. The fraction of sp³-hybridized carbons (Fsp3) is 0.176. The van der Waals surface area contributed by atoms with E-state index in [4.69, 9.17) is 9.47 Å². The Hall–Kier alpha value is -4.44. The molecule has 0 aliphatic heterocycles. The van der Waals surface area contributed by atoms with E-state index < -0.39 is 0 Å². The van der Waals surface area contributed by atoms with Crippen molar-refractivity contribution in [1.29, 1.82) is 0 Å². The minimum Gasteiger partial charge on any atom is -0.497 e. The van der Waals surface area contributed by atoms with Crippen molar-refractivity contribution in [2.75, 3.05) is 14.2 Å². The van der Waals surface area contributed by atoms with Gasteiger partial charge in [0, 0.05) is 11.1 Å². The van der Waals surface area contributed by atoms with Crippen LogP contribution in [0.3, 0.4) is 0 Å². The summed E-state index contributed by atoms with van der Waals surface area (Å²) in [6.45, 7) is 3.16. The van der Waals surface area contributed by atoms with Gasteiger partial charge < -0.3 is 9.47 Å². The third kappa shape index (κ3) is 6.86. The van der Waals surface area contributed by atoms with Crippen molar-refractivity contribution in [2.45, 2.75) is 28.7 Å². The van der Waals surface area contributed by atoms with Crippen LogP contribution in [0, 0.1) is 0 Å². The maximum atomic E-state index is 11.4. The van der Waals surface area contributed by atoms with Crippen molar-refractivity contribution >= 4 is 33.1 Å². The molecule has 4 nitrogen and oxygen atoms in total. The minimum absolute atomic E-state index is 0. The Morgan fingerprint density at radius 2 is 0.868 bits per heavy atom. The van der Waals surface area contributed by atoms with E-state index in [0.717, 1.165) is 55.3 Å². The molecule has 0 N–H and O–H groups in total. The molecule has 5 aromatic carbocycles. The van der Waals surface area contributed by atoms with Crippen LogP contribution in [0.1, 0.15) is 49.4 Å². The Kier molecular flexibility index (Phi) is 10.4. The predicted octanol–water partition coefficient (Wildman–Crippen LogP) is 9.04. The molecule has 4 heteroatoms. The van der Waals surface area contributed by atoms with Crippen LogP contribution in [-0.2, 0) is 0 Å². The minimum atomic E-state index is 0. The van der Waals surface area contributed by atoms with Gasteiger partial charge in [-0.1, -0.05) is 69.5 Å². The van der Waals surface area contributed by atoms with Crippen LogP contribution in [0.2, 0.25) is 0 Å². The number of benzene rings is 5. The van der Waals surface area contributed by atoms with Crippen LogP contribution >= 0.6 is 0 Å². The highest BCUT2D eigenvalue weighted by atomic mass is 16.5. The Morgan fingerprint density at radius 3 is 1.37 bits per heavy atom. The van der Waals surface area contributed by atoms with Gasteiger partial charge in [-0.25, -0.2) is 0 Å². The normalized spacial score (nSPS) is 9.89. The quantitative estimate of drug-likeness (QED) is 0.222. The molecular weight excluding hydrogens is 472 g/mol. The number of carbonyl (C=O) groups excluding carboxylic acids is 2. The number of hydrogen-bond donors (Lipinski definition) is 0. The van der Waals surface area contributed by atoms with Gasteiger partial charge in [-0.3, -0.25) is 9.59 Å². The van der Waals surface area contributed by atoms with E-state index in [1.807, 2.05) is 78.9 Å². The fourth-order valence-electron chi connectivity index (χ4n) is 4.00. The van der Waals surface area contributed by atoms with Gasteiger partial charge in [0.05, 0.1) is 14.2 Å². The second-order valence-electron chi connectivity index (χ2n) is 8.55. The summed E-state index contributed by atoms with van der Waals surface area (Å²) >= 11 is 0. The molecule has 5 rings (SSSR count). The van der Waals surface area contributed by atoms with Crippen LogP contribution in [0.4, 0.5) is 0 Å². The van der Waals surface area contributed by atoms with E-state index in [1.165, 1.54) is 0 Å². The van der Waals surface area contributed by atoms with Gasteiger partial charge in [-0.05, 0) is 89.0 Å². The van der Waals surface area contributed by atoms with E-state index in [1.54, 1.807) is 28.1 Å². The lowest BCUT2D eigenvalue weighted by atomic mass is 9.99. The predicted molar refractivity (Wildman–Crippen MR) is 160 cm³/mol. The average molecular weight is 509 g/mol. The van der Waals surface area contributed by atoms with Gasteiger partial charge in [-0.2, -0.15) is 0 Å². The van der Waals surface area contributed by atoms with Crippen LogP contribution in [0.25, 0.3) is 32.7 Å². The molecule has 5 aromatic rings. The van der Waals surface area contributed by atoms with E-state index in [0.29, 0.717) is 0 Å². The molecule has 0 heterocycles. The largest absolute Gasteiger partial charge is 0.497 e. The molecule has 0 atom stereocenters. The van der Waals surface area contributed by atoms with E-state index in [9.17, 15) is 9.59 Å². The molecule has 38 heavy (non-hydrogen) atoms. The third-order valence-corrected chi connectivity index (χ3v) is 6.12. The van der Waals surface area contributed by atoms with Crippen LogP contribution in [-0.4, -0.2) is 25.8 Å². The summed E-state index contributed by atoms with van der Waals surface area (Å²) in [5.41, 5.74) is 3.79. The van der Waals surface area contributed by atoms with Crippen molar-refractivity contribution in [2.24, 2.45) is 0 Å². The second-order valence-corrected chi connectivity index (χ2v) is 8.55. The zero-order chi connectivity index (χ0) is 25.7. The van der Waals surface area contributed by atoms with E-state index in [-0.39, 0.29) is 26.4 Å². The molecule has 0 fully saturated rings. The molecule has 0 radical (unpaired) electrons. The van der Waals surface area contributed by atoms with Crippen molar-refractivity contribution in [3.63, 3.8) is 0 Å². The van der Waals surface area contributed by atoms with Gasteiger partial charge in [0.2, 0.25) is 0 Å². The molecule has 0 aliphatic carbocycles. The molecule has 0 unspecified atom stereocenters. The number of hydrogen-bond acceptors (Lipinski definition) is 4. The highest BCUT2D eigenvalue weighted by molar-refractivity contribution is 5.99. The van der Waals surface area contributed by atoms with Crippen LogP contribution in [0.15, 0.2) is 97.1 Å². The SMILES string of the molecule is C.C.COc1ccc(-c2ccc3cc(C(C)=O)ccc3c2)cc1.COc1ccc2cc(C(C)=O)ccc2c1. The van der Waals surface area contributed by atoms with Crippen molar-refractivity contribution in [1.82, 2.24) is 0 Å². The summed E-state index contributed by atoms with van der Waals surface area (Å²) in [6, 6.07) is 31.6. The first kappa shape index (κ1) is 29.8. The standard InChI is InChI=1S/C19H16O2.C13H12O2.2CH4/c1-13(20)15-3-4-18-12-16(5-6-17(18)11-15)14-7-9-19(21-2)10-8-14;1-9(14)10-3-4-12-8-13(15-2)6-5-11(12)7-10;;/h3-12H,1-2H3;3-8H,1-2H3;2*1H4. The third-order valence-electron chi connectivity index (χ3n) is 6.12. The van der Waals surface area contributed by atoms with Gasteiger partial charge in [0.15, 0.2) is 11.6 Å². The molecule has 0 spiro atoms. The number of Topliss-reactive ketones (excluding diaryl/α,β-unsaturated/α-hetero) is 2. The maximum Gasteiger partial charge on any atom is 0.159 e. The summed E-state index contributed by atoms with van der Waals surface area (Å²) in [4.78, 5) is 22.6. The van der Waals surface area contributed by atoms with E-state index >= 15 is 0 Å². The molecule has 0 aromatic heterocycles. The number of methoxy groups -OCH3 is 2. The smallest absolute Gasteiger partial charge is 0.159 e. The summed E-state index contributed by atoms with van der Waals surface area (Å²) in [7, 11) is 3.31. The fourth-order valence-corrected chi connectivity index (χ4v) is 4.00. The maximum absolute atomic E-state index is 11.4. The average Bonchev–Trinajstić information content (AvgIpc) is 2.92. The molecule has 196 valence electrons. The zero-order valence-electron chi connectivity index (χ0n) is 20.9. The van der Waals surface area contributed by atoms with Gasteiger partial charge in [0.25, 0.3) is 0 Å². The van der Waals surface area contributed by atoms with Crippen LogP contribution < -0.4 is 9.47 Å². The Bertz CT molecular complexity index is 1550. The molecule has 0 amide bonds. The summed E-state index contributed by atoms with van der Waals surface area (Å²) in [5.74, 6) is 1.87. The van der Waals surface area contributed by atoms with Gasteiger partial charge >= 0.3 is 0 Å². The zero-order valence-corrected chi connectivity index (χ0v) is 20.9. The Labute approximate surface area is 225 Å². The first-order valence-electron chi connectivity index (χ1n) is 11.7. The van der Waals surface area contributed by atoms with Gasteiger partial charge in [-0.15, -0.1) is 0 Å². The lowest BCUT2D eigenvalue weighted by Crippen LogP contribution is -1.91. The number of rotatable bonds is 5. The van der Waals surface area contributed by atoms with Crippen molar-refractivity contribution in [3.05, 3.63) is 108 Å². The van der Waals surface area contributed by atoms with Crippen molar-refractivity contribution < 1.29 is 19.1 Å². The molecule has 0 saturated carbocycles. The topological polar surface area (TPSA) is 52.6 Å². The molecular formula is C34H36O4. The highest BCUT2D eigenvalue weighted by Crippen LogP contribution is 2.27. The number of ether oxygens (including phenoxy) is 2. The van der Waals surface area contributed by atoms with E-state index in [2.05, 4.69) is 18.2 Å².